The first-order chi connectivity index (χ1) is 16.4. The molecule has 11 heteroatoms. The second kappa shape index (κ2) is 9.64. The van der Waals surface area contributed by atoms with Crippen molar-refractivity contribution < 1.29 is 32.6 Å². The quantitative estimate of drug-likeness (QED) is 0.611. The number of amides is 2. The van der Waals surface area contributed by atoms with E-state index in [2.05, 4.69) is 10.3 Å². The molecule has 1 unspecified atom stereocenters. The number of imidazole rings is 1. The minimum absolute atomic E-state index is 0.0745. The molecular weight excluding hydrogens is 450 g/mol. The molecule has 0 spiro atoms. The Balaban J connectivity index is 1.80. The van der Waals surface area contributed by atoms with Gasteiger partial charge in [0.1, 0.15) is 23.0 Å². The lowest BCUT2D eigenvalue weighted by molar-refractivity contribution is -0.0241. The summed E-state index contributed by atoms with van der Waals surface area (Å²) in [5.74, 6) is -1.92. The van der Waals surface area contributed by atoms with Crippen molar-refractivity contribution in [2.45, 2.75) is 12.5 Å². The van der Waals surface area contributed by atoms with Crippen LogP contribution in [0.15, 0.2) is 30.5 Å². The number of hydrogen-bond donors (Lipinski definition) is 1. The highest BCUT2D eigenvalue weighted by Gasteiger charge is 2.29. The van der Waals surface area contributed by atoms with E-state index in [1.807, 2.05) is 0 Å². The second-order valence-corrected chi connectivity index (χ2v) is 7.71. The van der Waals surface area contributed by atoms with Gasteiger partial charge in [-0.1, -0.05) is 0 Å². The van der Waals surface area contributed by atoms with Crippen molar-refractivity contribution in [3.8, 4) is 17.0 Å². The van der Waals surface area contributed by atoms with E-state index in [1.165, 1.54) is 26.2 Å². The number of nitrogens with one attached hydrogen (secondary N) is 1. The van der Waals surface area contributed by atoms with Gasteiger partial charge in [0.2, 0.25) is 0 Å². The van der Waals surface area contributed by atoms with Crippen LogP contribution in [0.2, 0.25) is 0 Å². The zero-order valence-electron chi connectivity index (χ0n) is 18.9. The van der Waals surface area contributed by atoms with E-state index in [9.17, 15) is 9.59 Å². The van der Waals surface area contributed by atoms with Crippen LogP contribution in [0.25, 0.3) is 16.9 Å². The van der Waals surface area contributed by atoms with Gasteiger partial charge in [-0.25, -0.2) is 18.6 Å². The molecule has 0 bridgehead atoms. The number of carbonyl (C=O) groups excluding carboxylic acids is 2. The fourth-order valence-corrected chi connectivity index (χ4v) is 4.03. The van der Waals surface area contributed by atoms with E-state index in [0.29, 0.717) is 30.2 Å². The molecule has 1 N–H and O–H groups in total. The fourth-order valence-electron chi connectivity index (χ4n) is 4.03. The van der Waals surface area contributed by atoms with Crippen LogP contribution in [-0.4, -0.2) is 73.4 Å². The minimum atomic E-state index is -0.920. The number of fused-ring (bicyclic) bond motifs is 1. The van der Waals surface area contributed by atoms with E-state index in [-0.39, 0.29) is 29.8 Å². The summed E-state index contributed by atoms with van der Waals surface area (Å²) in [4.78, 5) is 29.9. The molecule has 3 heterocycles. The Morgan fingerprint density at radius 1 is 1.24 bits per heavy atom. The highest BCUT2D eigenvalue weighted by molar-refractivity contribution is 5.94. The predicted octanol–water partition coefficient (Wildman–Crippen LogP) is 2.66. The van der Waals surface area contributed by atoms with Gasteiger partial charge < -0.3 is 28.8 Å². The Hall–Kier alpha value is -3.73. The minimum Gasteiger partial charge on any atom is -0.497 e. The number of halogens is 2. The van der Waals surface area contributed by atoms with Crippen LogP contribution in [0.4, 0.5) is 13.6 Å². The van der Waals surface area contributed by atoms with Gasteiger partial charge in [0.15, 0.2) is 0 Å². The van der Waals surface area contributed by atoms with E-state index in [1.54, 1.807) is 22.7 Å². The normalized spacial score (nSPS) is 15.9. The van der Waals surface area contributed by atoms with Crippen LogP contribution in [0.1, 0.15) is 16.1 Å². The predicted molar refractivity (Wildman–Crippen MR) is 118 cm³/mol. The lowest BCUT2D eigenvalue weighted by Crippen LogP contribution is -2.46. The summed E-state index contributed by atoms with van der Waals surface area (Å²) in [6.07, 6.45) is 0.977. The number of aromatic nitrogens is 2. The molecule has 1 aliphatic rings. The number of rotatable bonds is 5. The number of ether oxygens (including phenoxy) is 3. The summed E-state index contributed by atoms with van der Waals surface area (Å²) in [7, 11) is 4.18. The average Bonchev–Trinajstić information content (AvgIpc) is 3.19. The zero-order valence-corrected chi connectivity index (χ0v) is 18.9. The van der Waals surface area contributed by atoms with Crippen molar-refractivity contribution in [3.05, 3.63) is 53.4 Å². The van der Waals surface area contributed by atoms with Crippen molar-refractivity contribution in [2.24, 2.45) is 0 Å². The summed E-state index contributed by atoms with van der Waals surface area (Å²) in [6.45, 7) is 0.921. The molecule has 4 rings (SSSR count). The molecule has 1 saturated heterocycles. The first kappa shape index (κ1) is 23.4. The smallest absolute Gasteiger partial charge is 0.409 e. The van der Waals surface area contributed by atoms with Crippen LogP contribution in [-0.2, 0) is 15.9 Å². The van der Waals surface area contributed by atoms with E-state index in [0.717, 1.165) is 12.1 Å². The Kier molecular flexibility index (Phi) is 6.64. The van der Waals surface area contributed by atoms with Crippen molar-refractivity contribution in [3.63, 3.8) is 0 Å². The van der Waals surface area contributed by atoms with Gasteiger partial charge in [0.25, 0.3) is 5.91 Å². The second-order valence-electron chi connectivity index (χ2n) is 7.71. The Morgan fingerprint density at radius 3 is 2.62 bits per heavy atom. The van der Waals surface area contributed by atoms with Gasteiger partial charge >= 0.3 is 6.09 Å². The van der Waals surface area contributed by atoms with Gasteiger partial charge in [-0.2, -0.15) is 0 Å². The monoisotopic (exact) mass is 474 g/mol. The van der Waals surface area contributed by atoms with Crippen molar-refractivity contribution in [1.29, 1.82) is 0 Å². The Labute approximate surface area is 194 Å². The van der Waals surface area contributed by atoms with Gasteiger partial charge in [0.05, 0.1) is 50.4 Å². The molecule has 180 valence electrons. The largest absolute Gasteiger partial charge is 0.497 e. The molecule has 2 aromatic heterocycles. The van der Waals surface area contributed by atoms with E-state index in [4.69, 9.17) is 14.2 Å². The van der Waals surface area contributed by atoms with E-state index >= 15 is 8.78 Å². The summed E-state index contributed by atoms with van der Waals surface area (Å²) < 4.78 is 47.9. The van der Waals surface area contributed by atoms with Crippen LogP contribution in [0.5, 0.6) is 5.75 Å². The number of carbonyl (C=O) groups is 2. The number of methoxy groups -OCH3 is 2. The lowest BCUT2D eigenvalue weighted by Gasteiger charge is -2.32. The molecule has 1 atom stereocenters. The molecule has 1 fully saturated rings. The summed E-state index contributed by atoms with van der Waals surface area (Å²) in [5, 5.41) is 2.35. The molecule has 0 radical (unpaired) electrons. The highest BCUT2D eigenvalue weighted by Crippen LogP contribution is 2.32. The SMILES string of the molecule is CNC(=O)c1cc(F)c(-c2nc3cc(OC)ccn3c2CC2CN(C(=O)OC)CCO2)c(F)c1. The van der Waals surface area contributed by atoms with E-state index < -0.39 is 29.7 Å². The first-order valence-electron chi connectivity index (χ1n) is 10.6. The molecule has 0 saturated carbocycles. The van der Waals surface area contributed by atoms with Crippen LogP contribution in [0, 0.1) is 11.6 Å². The molecule has 3 aromatic rings. The van der Waals surface area contributed by atoms with Crippen LogP contribution in [0.3, 0.4) is 0 Å². The fraction of sp³-hybridized carbons (Fsp3) is 0.348. The molecule has 1 aromatic carbocycles. The van der Waals surface area contributed by atoms with Gasteiger partial charge in [-0.05, 0) is 18.2 Å². The number of hydrogen-bond acceptors (Lipinski definition) is 6. The molecular formula is C23H24F2N4O5. The van der Waals surface area contributed by atoms with Crippen molar-refractivity contribution in [1.82, 2.24) is 19.6 Å². The van der Waals surface area contributed by atoms with Gasteiger partial charge in [0, 0.05) is 37.8 Å². The maximum absolute atomic E-state index is 15.1. The topological polar surface area (TPSA) is 94.4 Å². The Morgan fingerprint density at radius 2 is 1.97 bits per heavy atom. The lowest BCUT2D eigenvalue weighted by atomic mass is 10.0. The standard InChI is InChI=1S/C23H24F2N4O5/c1-26-22(30)13-8-16(24)20(17(25)9-13)21-18(29-5-4-14(32-2)11-19(29)27-21)10-15-12-28(6-7-34-15)23(31)33-3/h4-5,8-9,11,15H,6-7,10,12H2,1-3H3,(H,26,30). The Bertz CT molecular complexity index is 1220. The molecule has 34 heavy (non-hydrogen) atoms. The molecule has 9 nitrogen and oxygen atoms in total. The average molecular weight is 474 g/mol. The summed E-state index contributed by atoms with van der Waals surface area (Å²) in [5.41, 5.74) is 0.480. The third-order valence-electron chi connectivity index (χ3n) is 5.69. The first-order valence-corrected chi connectivity index (χ1v) is 10.6. The third-order valence-corrected chi connectivity index (χ3v) is 5.69. The van der Waals surface area contributed by atoms with Crippen molar-refractivity contribution in [2.75, 3.05) is 41.0 Å². The maximum Gasteiger partial charge on any atom is 0.409 e. The summed E-state index contributed by atoms with van der Waals surface area (Å²) >= 11 is 0. The maximum atomic E-state index is 15.1. The van der Waals surface area contributed by atoms with Crippen molar-refractivity contribution >= 4 is 17.6 Å². The number of nitrogens with zero attached hydrogens (tertiary/aromatic N) is 3. The summed E-state index contributed by atoms with van der Waals surface area (Å²) in [6, 6.07) is 5.29. The van der Waals surface area contributed by atoms with Gasteiger partial charge in [-0.15, -0.1) is 0 Å². The highest BCUT2D eigenvalue weighted by atomic mass is 19.1. The molecule has 0 aliphatic carbocycles. The van der Waals surface area contributed by atoms with Gasteiger partial charge in [-0.3, -0.25) is 4.79 Å². The molecule has 2 amide bonds. The number of pyridine rings is 1. The number of benzene rings is 1. The third kappa shape index (κ3) is 4.38. The molecule has 1 aliphatic heterocycles. The number of morpholine rings is 1. The van der Waals surface area contributed by atoms with Crippen LogP contribution < -0.4 is 10.1 Å². The zero-order chi connectivity index (χ0) is 24.4. The van der Waals surface area contributed by atoms with Crippen LogP contribution >= 0.6 is 0 Å².